The molecule has 2 N–H and O–H groups in total. The average molecular weight is 662 g/mol. The van der Waals surface area contributed by atoms with E-state index in [0.717, 1.165) is 12.1 Å². The molecule has 0 aliphatic carbocycles. The molecule has 1 atom stereocenters. The number of carbonyl (C=O) groups is 1. The number of anilines is 2. The first-order chi connectivity index (χ1) is 20.0. The number of ether oxygens (including phenoxy) is 1. The lowest BCUT2D eigenvalue weighted by atomic mass is 10.2. The standard InChI is InChI=1S/C25H23ClF3N5O7S2/c1-42(36,37)24(41-43(2,38)39)23(35)30-9-11-34-10-8-19-21(34)22(32-14-31-19)33-16-6-7-20(18(26)13-16)40-17-5-3-4-15(12-17)25(27,28)29/h3-8,10,12-14,24H,9,11H2,1-2H3,(H,30,35)(H,31,32,33). The van der Waals surface area contributed by atoms with Crippen molar-refractivity contribution in [2.45, 2.75) is 18.2 Å². The number of nitrogens with zero attached hydrogens (tertiary/aromatic N) is 3. The van der Waals surface area contributed by atoms with Crippen molar-refractivity contribution < 1.29 is 43.7 Å². The van der Waals surface area contributed by atoms with Gasteiger partial charge in [-0.2, -0.15) is 21.6 Å². The number of aromatic nitrogens is 3. The van der Waals surface area contributed by atoms with Gasteiger partial charge in [-0.05, 0) is 42.5 Å². The van der Waals surface area contributed by atoms with Gasteiger partial charge in [-0.25, -0.2) is 22.6 Å². The first-order valence-corrected chi connectivity index (χ1v) is 16.2. The molecule has 4 rings (SSSR count). The second kappa shape index (κ2) is 12.4. The van der Waals surface area contributed by atoms with E-state index in [0.29, 0.717) is 35.1 Å². The van der Waals surface area contributed by atoms with Gasteiger partial charge in [0.05, 0.1) is 22.4 Å². The number of carbonyl (C=O) groups excluding carboxylic acids is 1. The van der Waals surface area contributed by atoms with Crippen LogP contribution in [0.5, 0.6) is 11.5 Å². The summed E-state index contributed by atoms with van der Waals surface area (Å²) in [6.07, 6.45) is -0.274. The summed E-state index contributed by atoms with van der Waals surface area (Å²) in [5.74, 6) is -0.754. The molecule has 0 saturated carbocycles. The predicted molar refractivity (Wildman–Crippen MR) is 151 cm³/mol. The van der Waals surface area contributed by atoms with Gasteiger partial charge >= 0.3 is 6.18 Å². The number of alkyl halides is 3. The molecule has 0 radical (unpaired) electrons. The van der Waals surface area contributed by atoms with Crippen molar-refractivity contribution in [2.24, 2.45) is 0 Å². The topological polar surface area (TPSA) is 159 Å². The maximum atomic E-state index is 13.0. The molecule has 18 heteroatoms. The van der Waals surface area contributed by atoms with Gasteiger partial charge in [0.25, 0.3) is 21.5 Å². The Hall–Kier alpha value is -3.93. The van der Waals surface area contributed by atoms with Crippen molar-refractivity contribution in [3.05, 3.63) is 71.6 Å². The normalized spacial score (nSPS) is 13.1. The van der Waals surface area contributed by atoms with E-state index in [9.17, 15) is 34.8 Å². The molecule has 0 aliphatic rings. The largest absolute Gasteiger partial charge is 0.456 e. The third kappa shape index (κ3) is 8.34. The first kappa shape index (κ1) is 32.0. The molecule has 0 spiro atoms. The van der Waals surface area contributed by atoms with Crippen LogP contribution >= 0.6 is 11.6 Å². The zero-order valence-corrected chi connectivity index (χ0v) is 24.7. The molecule has 2 aromatic heterocycles. The van der Waals surface area contributed by atoms with Gasteiger partial charge < -0.3 is 19.9 Å². The highest BCUT2D eigenvalue weighted by Gasteiger charge is 2.33. The van der Waals surface area contributed by atoms with Crippen molar-refractivity contribution in [2.75, 3.05) is 24.4 Å². The van der Waals surface area contributed by atoms with Gasteiger partial charge in [0.2, 0.25) is 0 Å². The van der Waals surface area contributed by atoms with E-state index in [1.165, 1.54) is 30.6 Å². The van der Waals surface area contributed by atoms with E-state index >= 15 is 0 Å². The van der Waals surface area contributed by atoms with Gasteiger partial charge in [-0.1, -0.05) is 17.7 Å². The number of halogens is 4. The number of benzene rings is 2. The Balaban J connectivity index is 1.48. The summed E-state index contributed by atoms with van der Waals surface area (Å²) in [5.41, 5.74) is -1.63. The van der Waals surface area contributed by atoms with Crippen molar-refractivity contribution in [1.29, 1.82) is 0 Å². The molecule has 43 heavy (non-hydrogen) atoms. The highest BCUT2D eigenvalue weighted by atomic mass is 35.5. The third-order valence-electron chi connectivity index (χ3n) is 5.65. The lowest BCUT2D eigenvalue weighted by Crippen LogP contribution is -2.43. The molecule has 2 aromatic carbocycles. The highest BCUT2D eigenvalue weighted by molar-refractivity contribution is 7.93. The molecule has 2 heterocycles. The zero-order valence-electron chi connectivity index (χ0n) is 22.3. The van der Waals surface area contributed by atoms with E-state index in [1.807, 2.05) is 0 Å². The molecule has 0 saturated heterocycles. The summed E-state index contributed by atoms with van der Waals surface area (Å²) in [5, 5.41) is 5.53. The summed E-state index contributed by atoms with van der Waals surface area (Å²) in [6.45, 7) is 0.000661. The summed E-state index contributed by atoms with van der Waals surface area (Å²) < 4.78 is 97.3. The van der Waals surface area contributed by atoms with E-state index in [1.54, 1.807) is 22.9 Å². The van der Waals surface area contributed by atoms with Gasteiger partial charge in [0, 0.05) is 31.2 Å². The summed E-state index contributed by atoms with van der Waals surface area (Å²) in [7, 11) is -8.45. The van der Waals surface area contributed by atoms with Crippen molar-refractivity contribution in [1.82, 2.24) is 19.9 Å². The van der Waals surface area contributed by atoms with Crippen molar-refractivity contribution >= 4 is 60.0 Å². The van der Waals surface area contributed by atoms with Crippen LogP contribution < -0.4 is 15.4 Å². The zero-order chi connectivity index (χ0) is 31.6. The smallest absolute Gasteiger partial charge is 0.416 e. The van der Waals surface area contributed by atoms with Crippen molar-refractivity contribution in [3.63, 3.8) is 0 Å². The first-order valence-electron chi connectivity index (χ1n) is 12.1. The summed E-state index contributed by atoms with van der Waals surface area (Å²) >= 11 is 6.34. The Morgan fingerprint density at radius 3 is 2.47 bits per heavy atom. The number of fused-ring (bicyclic) bond motifs is 1. The molecule has 0 fully saturated rings. The van der Waals surface area contributed by atoms with E-state index in [4.69, 9.17) is 16.3 Å². The van der Waals surface area contributed by atoms with Crippen LogP contribution in [-0.2, 0) is 41.7 Å². The number of sulfone groups is 1. The number of hydrogen-bond donors (Lipinski definition) is 2. The highest BCUT2D eigenvalue weighted by Crippen LogP contribution is 2.36. The molecule has 0 aliphatic heterocycles. The van der Waals surface area contributed by atoms with Gasteiger partial charge in [0.15, 0.2) is 15.7 Å². The molecule has 1 unspecified atom stereocenters. The maximum absolute atomic E-state index is 13.0. The molecule has 0 bridgehead atoms. The van der Waals surface area contributed by atoms with Crippen LogP contribution in [0.3, 0.4) is 0 Å². The van der Waals surface area contributed by atoms with Gasteiger partial charge in [-0.15, -0.1) is 0 Å². The van der Waals surface area contributed by atoms with Crippen LogP contribution in [0.4, 0.5) is 24.7 Å². The van der Waals surface area contributed by atoms with Crippen LogP contribution in [0.25, 0.3) is 11.0 Å². The fraction of sp³-hybridized carbons (Fsp3) is 0.240. The molecular weight excluding hydrogens is 639 g/mol. The minimum atomic E-state index is -4.53. The molecule has 230 valence electrons. The van der Waals surface area contributed by atoms with Crippen LogP contribution in [-0.4, -0.2) is 61.8 Å². The average Bonchev–Trinajstić information content (AvgIpc) is 3.31. The number of amides is 1. The van der Waals surface area contributed by atoms with Crippen LogP contribution in [0.15, 0.2) is 61.1 Å². The number of nitrogens with one attached hydrogen (secondary N) is 2. The van der Waals surface area contributed by atoms with Crippen LogP contribution in [0.2, 0.25) is 5.02 Å². The third-order valence-corrected chi connectivity index (χ3v) is 7.70. The maximum Gasteiger partial charge on any atom is 0.416 e. The lowest BCUT2D eigenvalue weighted by molar-refractivity contribution is -0.137. The van der Waals surface area contributed by atoms with Crippen LogP contribution in [0, 0.1) is 0 Å². The molecular formula is C25H23ClF3N5O7S2. The summed E-state index contributed by atoms with van der Waals surface area (Å²) in [6, 6.07) is 10.6. The Labute approximate surface area is 248 Å². The Morgan fingerprint density at radius 1 is 1.07 bits per heavy atom. The van der Waals surface area contributed by atoms with Gasteiger partial charge in [0.1, 0.15) is 23.3 Å². The molecule has 12 nitrogen and oxygen atoms in total. The second-order valence-corrected chi connectivity index (χ2v) is 13.2. The summed E-state index contributed by atoms with van der Waals surface area (Å²) in [4.78, 5) is 20.9. The number of hydrogen-bond acceptors (Lipinski definition) is 10. The van der Waals surface area contributed by atoms with E-state index < -0.39 is 43.0 Å². The van der Waals surface area contributed by atoms with Gasteiger partial charge in [-0.3, -0.25) is 4.79 Å². The Kier molecular flexibility index (Phi) is 9.19. The fourth-order valence-corrected chi connectivity index (χ4v) is 5.92. The van der Waals surface area contributed by atoms with Crippen LogP contribution in [0.1, 0.15) is 5.56 Å². The van der Waals surface area contributed by atoms with E-state index in [2.05, 4.69) is 24.8 Å². The Morgan fingerprint density at radius 2 is 1.81 bits per heavy atom. The minimum Gasteiger partial charge on any atom is -0.456 e. The SMILES string of the molecule is CS(=O)(=O)OC(C(=O)NCCn1ccc2ncnc(Nc3ccc(Oc4cccc(C(F)(F)F)c4)c(Cl)c3)c21)S(C)(=O)=O. The quantitative estimate of drug-likeness (QED) is 0.224. The minimum absolute atomic E-state index is 0.0504. The lowest BCUT2D eigenvalue weighted by Gasteiger charge is -2.15. The van der Waals surface area contributed by atoms with E-state index in [-0.39, 0.29) is 29.6 Å². The number of rotatable bonds is 11. The predicted octanol–water partition coefficient (Wildman–Crippen LogP) is 4.10. The molecule has 1 amide bonds. The fourth-order valence-electron chi connectivity index (χ4n) is 3.82. The second-order valence-electron chi connectivity index (χ2n) is 9.12. The monoisotopic (exact) mass is 661 g/mol. The molecule has 4 aromatic rings. The Bertz CT molecular complexity index is 1880. The van der Waals surface area contributed by atoms with Crippen molar-refractivity contribution in [3.8, 4) is 11.5 Å².